The van der Waals surface area contributed by atoms with Gasteiger partial charge in [0.2, 0.25) is 0 Å². The molecule has 1 aliphatic heterocycles. The van der Waals surface area contributed by atoms with Crippen molar-refractivity contribution in [1.82, 2.24) is 19.5 Å². The highest BCUT2D eigenvalue weighted by Crippen LogP contribution is 2.69. The van der Waals surface area contributed by atoms with Crippen molar-refractivity contribution in [2.45, 2.75) is 51.0 Å². The minimum Gasteiger partial charge on any atom is -0.375 e. The molecular weight excluding hydrogens is 268 g/mol. The average Bonchev–Trinajstić information content (AvgIpc) is 2.89. The molecule has 4 unspecified atom stereocenters. The van der Waals surface area contributed by atoms with Gasteiger partial charge in [0, 0.05) is 19.4 Å². The fraction of sp³-hybridized carbons (Fsp3) is 0.667. The second kappa shape index (κ2) is 4.01. The van der Waals surface area contributed by atoms with Crippen molar-refractivity contribution in [3.05, 3.63) is 18.3 Å². The fourth-order valence-corrected chi connectivity index (χ4v) is 4.18. The summed E-state index contributed by atoms with van der Waals surface area (Å²) in [5.41, 5.74) is 2.28. The van der Waals surface area contributed by atoms with E-state index in [1.165, 1.54) is 0 Å². The minimum absolute atomic E-state index is 0.0162. The van der Waals surface area contributed by atoms with Gasteiger partial charge in [-0.2, -0.15) is 0 Å². The van der Waals surface area contributed by atoms with Crippen LogP contribution >= 0.6 is 0 Å². The lowest BCUT2D eigenvalue weighted by atomic mass is 10.2. The van der Waals surface area contributed by atoms with Crippen LogP contribution in [0.1, 0.15) is 38.6 Å². The van der Waals surface area contributed by atoms with Gasteiger partial charge in [0.1, 0.15) is 29.3 Å². The number of nitrogens with zero attached hydrogens (tertiary/aromatic N) is 4. The van der Waals surface area contributed by atoms with Crippen molar-refractivity contribution in [2.24, 2.45) is 5.92 Å². The standard InChI is InChI=1S/C15H20N4O2/c1-5-15-10(14(15,3)20-4)6-11(21-15)19-8-18-12-9(2)16-7-17-13(12)19/h7-8,10-11H,5-6H2,1-4H3. The van der Waals surface area contributed by atoms with E-state index < -0.39 is 0 Å². The first-order chi connectivity index (χ1) is 10.1. The third-order valence-corrected chi connectivity index (χ3v) is 5.57. The Hall–Kier alpha value is -1.53. The monoisotopic (exact) mass is 288 g/mol. The quantitative estimate of drug-likeness (QED) is 0.866. The van der Waals surface area contributed by atoms with E-state index in [9.17, 15) is 0 Å². The van der Waals surface area contributed by atoms with Crippen LogP contribution in [0.5, 0.6) is 0 Å². The lowest BCUT2D eigenvalue weighted by Crippen LogP contribution is -2.30. The van der Waals surface area contributed by atoms with Crippen molar-refractivity contribution in [1.29, 1.82) is 0 Å². The molecule has 1 saturated carbocycles. The minimum atomic E-state index is -0.162. The molecule has 21 heavy (non-hydrogen) atoms. The van der Waals surface area contributed by atoms with Crippen molar-refractivity contribution in [2.75, 3.05) is 7.11 Å². The number of rotatable bonds is 3. The molecule has 0 radical (unpaired) electrons. The lowest BCUT2D eigenvalue weighted by molar-refractivity contribution is -0.105. The average molecular weight is 288 g/mol. The van der Waals surface area contributed by atoms with E-state index in [0.717, 1.165) is 29.7 Å². The maximum atomic E-state index is 6.41. The molecule has 0 spiro atoms. The summed E-state index contributed by atoms with van der Waals surface area (Å²) in [5, 5.41) is 0. The number of fused-ring (bicyclic) bond motifs is 2. The number of hydrogen-bond donors (Lipinski definition) is 0. The van der Waals surface area contributed by atoms with Crippen molar-refractivity contribution >= 4 is 11.2 Å². The molecule has 6 heteroatoms. The molecule has 112 valence electrons. The van der Waals surface area contributed by atoms with Crippen LogP contribution in [0.4, 0.5) is 0 Å². The van der Waals surface area contributed by atoms with Crippen LogP contribution in [0, 0.1) is 12.8 Å². The molecule has 4 rings (SSSR count). The highest BCUT2D eigenvalue weighted by Gasteiger charge is 2.79. The molecule has 1 aliphatic carbocycles. The first-order valence-electron chi connectivity index (χ1n) is 7.44. The molecule has 1 saturated heterocycles. The maximum Gasteiger partial charge on any atom is 0.165 e. The highest BCUT2D eigenvalue weighted by atomic mass is 16.6. The van der Waals surface area contributed by atoms with Crippen LogP contribution in [0.2, 0.25) is 0 Å². The van der Waals surface area contributed by atoms with E-state index in [1.807, 2.05) is 17.8 Å². The van der Waals surface area contributed by atoms with Crippen molar-refractivity contribution < 1.29 is 9.47 Å². The van der Waals surface area contributed by atoms with Crippen LogP contribution < -0.4 is 0 Å². The van der Waals surface area contributed by atoms with Gasteiger partial charge in [-0.05, 0) is 20.3 Å². The van der Waals surface area contributed by atoms with Gasteiger partial charge in [-0.25, -0.2) is 15.0 Å². The number of methoxy groups -OCH3 is 1. The second-order valence-corrected chi connectivity index (χ2v) is 6.20. The number of imidazole rings is 1. The zero-order valence-electron chi connectivity index (χ0n) is 12.8. The molecule has 2 aromatic rings. The third kappa shape index (κ3) is 1.42. The van der Waals surface area contributed by atoms with E-state index in [4.69, 9.17) is 9.47 Å². The summed E-state index contributed by atoms with van der Waals surface area (Å²) in [5.74, 6) is 0.436. The molecule has 4 atom stereocenters. The SMILES string of the molecule is CCC12OC(n3cnc4c(C)ncnc43)CC1C2(C)OC. The molecule has 2 aromatic heterocycles. The largest absolute Gasteiger partial charge is 0.375 e. The molecular formula is C15H20N4O2. The first-order valence-corrected chi connectivity index (χ1v) is 7.44. The van der Waals surface area contributed by atoms with E-state index in [1.54, 1.807) is 13.4 Å². The Morgan fingerprint density at radius 1 is 1.43 bits per heavy atom. The predicted molar refractivity (Wildman–Crippen MR) is 76.7 cm³/mol. The molecule has 0 amide bonds. The lowest BCUT2D eigenvalue weighted by Gasteiger charge is -2.26. The smallest absolute Gasteiger partial charge is 0.165 e. The van der Waals surface area contributed by atoms with E-state index in [2.05, 4.69) is 28.8 Å². The summed E-state index contributed by atoms with van der Waals surface area (Å²) in [6.07, 6.45) is 5.28. The zero-order valence-corrected chi connectivity index (χ0v) is 12.8. The van der Waals surface area contributed by atoms with Crippen LogP contribution in [0.25, 0.3) is 11.2 Å². The van der Waals surface area contributed by atoms with Gasteiger partial charge in [0.25, 0.3) is 0 Å². The summed E-state index contributed by atoms with van der Waals surface area (Å²) >= 11 is 0. The van der Waals surface area contributed by atoms with Gasteiger partial charge in [0.05, 0.1) is 12.0 Å². The van der Waals surface area contributed by atoms with Crippen molar-refractivity contribution in [3.8, 4) is 0 Å². The Kier molecular flexibility index (Phi) is 2.52. The molecule has 6 nitrogen and oxygen atoms in total. The normalized spacial score (nSPS) is 37.9. The Labute approximate surface area is 123 Å². The van der Waals surface area contributed by atoms with E-state index >= 15 is 0 Å². The summed E-state index contributed by atoms with van der Waals surface area (Å²) in [6.45, 7) is 6.26. The first kappa shape index (κ1) is 13.2. The van der Waals surface area contributed by atoms with Crippen LogP contribution in [0.3, 0.4) is 0 Å². The van der Waals surface area contributed by atoms with E-state index in [-0.39, 0.29) is 17.4 Å². The van der Waals surface area contributed by atoms with Crippen LogP contribution in [-0.2, 0) is 9.47 Å². The maximum absolute atomic E-state index is 6.41. The Morgan fingerprint density at radius 2 is 2.24 bits per heavy atom. The Bertz CT molecular complexity index is 715. The molecule has 0 N–H and O–H groups in total. The predicted octanol–water partition coefficient (Wildman–Crippen LogP) is 2.24. The van der Waals surface area contributed by atoms with Crippen molar-refractivity contribution in [3.63, 3.8) is 0 Å². The van der Waals surface area contributed by atoms with E-state index in [0.29, 0.717) is 5.92 Å². The van der Waals surface area contributed by atoms with Gasteiger partial charge in [0.15, 0.2) is 5.65 Å². The Morgan fingerprint density at radius 3 is 2.90 bits per heavy atom. The highest BCUT2D eigenvalue weighted by molar-refractivity contribution is 5.72. The third-order valence-electron chi connectivity index (χ3n) is 5.57. The summed E-state index contributed by atoms with van der Waals surface area (Å²) < 4.78 is 14.1. The molecule has 2 aliphatic rings. The topological polar surface area (TPSA) is 62.1 Å². The number of aromatic nitrogens is 4. The molecule has 0 bridgehead atoms. The second-order valence-electron chi connectivity index (χ2n) is 6.20. The molecule has 2 fully saturated rings. The van der Waals surface area contributed by atoms with Crippen LogP contribution in [-0.4, -0.2) is 37.8 Å². The van der Waals surface area contributed by atoms with Gasteiger partial charge < -0.3 is 9.47 Å². The summed E-state index contributed by atoms with van der Waals surface area (Å²) in [7, 11) is 1.78. The molecule has 3 heterocycles. The number of ether oxygens (including phenoxy) is 2. The van der Waals surface area contributed by atoms with Crippen LogP contribution in [0.15, 0.2) is 12.7 Å². The molecule has 0 aromatic carbocycles. The zero-order chi connectivity index (χ0) is 14.8. The number of hydrogen-bond acceptors (Lipinski definition) is 5. The Balaban J connectivity index is 1.70. The number of aryl methyl sites for hydroxylation is 1. The van der Waals surface area contributed by atoms with Gasteiger partial charge in [-0.15, -0.1) is 0 Å². The fourth-order valence-electron chi connectivity index (χ4n) is 4.18. The summed E-state index contributed by atoms with van der Waals surface area (Å²) in [4.78, 5) is 13.0. The van der Waals surface area contributed by atoms with Gasteiger partial charge in [-0.3, -0.25) is 4.57 Å². The van der Waals surface area contributed by atoms with Gasteiger partial charge in [-0.1, -0.05) is 6.92 Å². The van der Waals surface area contributed by atoms with Gasteiger partial charge >= 0.3 is 0 Å². The summed E-state index contributed by atoms with van der Waals surface area (Å²) in [6, 6.07) is 0.